The Balaban J connectivity index is 1.70. The van der Waals surface area contributed by atoms with Crippen molar-refractivity contribution in [2.45, 2.75) is 57.2 Å². The van der Waals surface area contributed by atoms with Crippen LogP contribution in [0.2, 0.25) is 0 Å². The molecule has 1 aromatic rings. The minimum absolute atomic E-state index is 0.0702. The fourth-order valence-electron chi connectivity index (χ4n) is 4.81. The average Bonchev–Trinajstić information content (AvgIpc) is 3.70. The SMILES string of the molecule is COc1cc2c(c(OC)c1OC)CCC(C(=O)N[C@@H](CO)C(=O)N[C@@H](CC(C)C)C(=O)[C@@]1(CO)CO1)C2. The molecule has 0 spiro atoms. The van der Waals surface area contributed by atoms with Crippen LogP contribution in [0, 0.1) is 11.8 Å². The topological polar surface area (TPSA) is 156 Å². The van der Waals surface area contributed by atoms with Crippen LogP contribution >= 0.6 is 0 Å². The highest BCUT2D eigenvalue weighted by atomic mass is 16.6. The van der Waals surface area contributed by atoms with E-state index in [1.165, 1.54) is 14.2 Å². The molecule has 11 heteroatoms. The predicted molar refractivity (Wildman–Crippen MR) is 133 cm³/mol. The van der Waals surface area contributed by atoms with Gasteiger partial charge in [0, 0.05) is 11.5 Å². The number of rotatable bonds is 13. The maximum atomic E-state index is 13.1. The summed E-state index contributed by atoms with van der Waals surface area (Å²) in [6.07, 6.45) is 1.78. The van der Waals surface area contributed by atoms with Crippen LogP contribution in [0.4, 0.5) is 0 Å². The van der Waals surface area contributed by atoms with Gasteiger partial charge in [-0.05, 0) is 43.2 Å². The standard InChI is InChI=1S/C26H38N2O9/c1-14(2)8-18(23(31)26(12-30)13-37-26)27-25(33)19(11-29)28-24(32)15-6-7-17-16(9-15)10-20(34-3)22(36-5)21(17)35-4/h10,14-15,18-19,29-30H,6-9,11-13H2,1-5H3,(H,27,33)(H,28,32)/t15?,18-,19-,26+/m0/s1. The lowest BCUT2D eigenvalue weighted by atomic mass is 9.82. The molecule has 3 rings (SSSR count). The van der Waals surface area contributed by atoms with Crippen molar-refractivity contribution in [1.29, 1.82) is 0 Å². The number of hydrogen-bond acceptors (Lipinski definition) is 9. The van der Waals surface area contributed by atoms with E-state index in [1.54, 1.807) is 7.11 Å². The molecule has 0 aromatic heterocycles. The van der Waals surface area contributed by atoms with Crippen LogP contribution in [0.1, 0.15) is 37.8 Å². The maximum Gasteiger partial charge on any atom is 0.245 e. The number of aliphatic hydroxyl groups is 2. The van der Waals surface area contributed by atoms with Crippen LogP contribution in [0.25, 0.3) is 0 Å². The van der Waals surface area contributed by atoms with E-state index in [1.807, 2.05) is 19.9 Å². The number of methoxy groups -OCH3 is 3. The summed E-state index contributed by atoms with van der Waals surface area (Å²) in [5.41, 5.74) is 0.536. The molecular weight excluding hydrogens is 484 g/mol. The zero-order chi connectivity index (χ0) is 27.3. The van der Waals surface area contributed by atoms with Crippen molar-refractivity contribution in [3.8, 4) is 17.2 Å². The van der Waals surface area contributed by atoms with Crippen molar-refractivity contribution < 1.29 is 43.5 Å². The number of epoxide rings is 1. The van der Waals surface area contributed by atoms with Gasteiger partial charge in [-0.1, -0.05) is 13.8 Å². The number of aliphatic hydroxyl groups excluding tert-OH is 2. The average molecular weight is 523 g/mol. The first kappa shape index (κ1) is 28.7. The van der Waals surface area contributed by atoms with Gasteiger partial charge in [-0.25, -0.2) is 0 Å². The molecule has 4 atom stereocenters. The first-order valence-electron chi connectivity index (χ1n) is 12.5. The van der Waals surface area contributed by atoms with E-state index in [2.05, 4.69) is 10.6 Å². The summed E-state index contributed by atoms with van der Waals surface area (Å²) in [5, 5.41) is 24.7. The zero-order valence-electron chi connectivity index (χ0n) is 22.1. The number of ether oxygens (including phenoxy) is 4. The number of fused-ring (bicyclic) bond motifs is 1. The van der Waals surface area contributed by atoms with Crippen LogP contribution in [0.5, 0.6) is 17.2 Å². The Morgan fingerprint density at radius 1 is 1.08 bits per heavy atom. The Morgan fingerprint density at radius 3 is 2.27 bits per heavy atom. The Hall–Kier alpha value is -2.89. The van der Waals surface area contributed by atoms with Gasteiger partial charge in [0.15, 0.2) is 22.9 Å². The third-order valence-corrected chi connectivity index (χ3v) is 6.96. The van der Waals surface area contributed by atoms with Crippen LogP contribution in [-0.4, -0.2) is 86.6 Å². The van der Waals surface area contributed by atoms with Gasteiger partial charge in [0.05, 0.1) is 47.2 Å². The second kappa shape index (κ2) is 12.1. The molecule has 1 aliphatic carbocycles. The molecule has 37 heavy (non-hydrogen) atoms. The minimum Gasteiger partial charge on any atom is -0.493 e. The fraction of sp³-hybridized carbons (Fsp3) is 0.654. The molecule has 1 aliphatic heterocycles. The molecule has 0 radical (unpaired) electrons. The molecular formula is C26H38N2O9. The number of Topliss-reactive ketones (excluding diaryl/α,β-unsaturated/α-hetero) is 1. The summed E-state index contributed by atoms with van der Waals surface area (Å²) in [6, 6.07) is -0.322. The molecule has 1 aromatic carbocycles. The van der Waals surface area contributed by atoms with Crippen molar-refractivity contribution in [2.24, 2.45) is 11.8 Å². The number of amides is 2. The Labute approximate surface area is 216 Å². The van der Waals surface area contributed by atoms with Gasteiger partial charge in [-0.2, -0.15) is 0 Å². The van der Waals surface area contributed by atoms with Crippen LogP contribution < -0.4 is 24.8 Å². The number of benzene rings is 1. The van der Waals surface area contributed by atoms with E-state index < -0.39 is 48.5 Å². The van der Waals surface area contributed by atoms with E-state index in [0.717, 1.165) is 11.1 Å². The van der Waals surface area contributed by atoms with Crippen molar-refractivity contribution in [3.63, 3.8) is 0 Å². The largest absolute Gasteiger partial charge is 0.493 e. The van der Waals surface area contributed by atoms with Crippen LogP contribution in [0.3, 0.4) is 0 Å². The van der Waals surface area contributed by atoms with Crippen molar-refractivity contribution in [1.82, 2.24) is 10.6 Å². The minimum atomic E-state index is -1.29. The van der Waals surface area contributed by atoms with Gasteiger partial charge >= 0.3 is 0 Å². The predicted octanol–water partition coefficient (Wildman–Crippen LogP) is 0.156. The Kier molecular flexibility index (Phi) is 9.38. The van der Waals surface area contributed by atoms with Gasteiger partial charge < -0.3 is 39.8 Å². The summed E-state index contributed by atoms with van der Waals surface area (Å²) >= 11 is 0. The van der Waals surface area contributed by atoms with Gasteiger partial charge in [0.2, 0.25) is 17.6 Å². The summed E-state index contributed by atoms with van der Waals surface area (Å²) in [6.45, 7) is 2.79. The van der Waals surface area contributed by atoms with Crippen molar-refractivity contribution in [2.75, 3.05) is 41.2 Å². The van der Waals surface area contributed by atoms with Crippen LogP contribution in [-0.2, 0) is 32.0 Å². The molecule has 1 unspecified atom stereocenters. The number of carbonyl (C=O) groups excluding carboxylic acids is 3. The Morgan fingerprint density at radius 2 is 1.76 bits per heavy atom. The van der Waals surface area contributed by atoms with E-state index in [-0.39, 0.29) is 18.4 Å². The lowest BCUT2D eigenvalue weighted by molar-refractivity contribution is -0.135. The molecule has 206 valence electrons. The molecule has 0 bridgehead atoms. The molecule has 1 heterocycles. The number of hydrogen-bond donors (Lipinski definition) is 4. The van der Waals surface area contributed by atoms with Gasteiger partial charge in [0.1, 0.15) is 6.04 Å². The van der Waals surface area contributed by atoms with Crippen molar-refractivity contribution >= 4 is 17.6 Å². The van der Waals surface area contributed by atoms with Gasteiger partial charge in [-0.3, -0.25) is 14.4 Å². The summed E-state index contributed by atoms with van der Waals surface area (Å²) in [4.78, 5) is 39.0. The molecule has 1 saturated heterocycles. The third kappa shape index (κ3) is 6.16. The molecule has 0 saturated carbocycles. The third-order valence-electron chi connectivity index (χ3n) is 6.96. The lowest BCUT2D eigenvalue weighted by Gasteiger charge is -2.29. The highest BCUT2D eigenvalue weighted by Gasteiger charge is 2.54. The number of carbonyl (C=O) groups is 3. The zero-order valence-corrected chi connectivity index (χ0v) is 22.1. The number of ketones is 1. The maximum absolute atomic E-state index is 13.1. The molecule has 11 nitrogen and oxygen atoms in total. The summed E-state index contributed by atoms with van der Waals surface area (Å²) in [5.74, 6) is -0.275. The normalized spacial score (nSPS) is 21.9. The molecule has 2 amide bonds. The highest BCUT2D eigenvalue weighted by Crippen LogP contribution is 2.45. The lowest BCUT2D eigenvalue weighted by Crippen LogP contribution is -2.56. The fourth-order valence-corrected chi connectivity index (χ4v) is 4.81. The van der Waals surface area contributed by atoms with Crippen LogP contribution in [0.15, 0.2) is 6.07 Å². The number of nitrogens with one attached hydrogen (secondary N) is 2. The van der Waals surface area contributed by atoms with E-state index in [9.17, 15) is 24.6 Å². The van der Waals surface area contributed by atoms with Gasteiger partial charge in [-0.15, -0.1) is 0 Å². The molecule has 1 fully saturated rings. The first-order chi connectivity index (χ1) is 17.6. The molecule has 4 N–H and O–H groups in total. The second-order valence-electron chi connectivity index (χ2n) is 9.96. The second-order valence-corrected chi connectivity index (χ2v) is 9.96. The van der Waals surface area contributed by atoms with Crippen molar-refractivity contribution in [3.05, 3.63) is 17.2 Å². The Bertz CT molecular complexity index is 1010. The van der Waals surface area contributed by atoms with Gasteiger partial charge in [0.25, 0.3) is 0 Å². The smallest absolute Gasteiger partial charge is 0.245 e. The molecule has 2 aliphatic rings. The van der Waals surface area contributed by atoms with E-state index >= 15 is 0 Å². The summed E-state index contributed by atoms with van der Waals surface area (Å²) in [7, 11) is 4.61. The summed E-state index contributed by atoms with van der Waals surface area (Å²) < 4.78 is 21.6. The van der Waals surface area contributed by atoms with E-state index in [4.69, 9.17) is 18.9 Å². The first-order valence-corrected chi connectivity index (χ1v) is 12.5. The quantitative estimate of drug-likeness (QED) is 0.265. The highest BCUT2D eigenvalue weighted by molar-refractivity contribution is 5.98. The van der Waals surface area contributed by atoms with E-state index in [0.29, 0.717) is 42.9 Å². The monoisotopic (exact) mass is 522 g/mol.